The Balaban J connectivity index is 3.11. The first-order valence-corrected chi connectivity index (χ1v) is 7.03. The summed E-state index contributed by atoms with van der Waals surface area (Å²) >= 11 is 0. The third-order valence-corrected chi connectivity index (χ3v) is 3.85. The number of rotatable bonds is 7. The highest BCUT2D eigenvalue weighted by Gasteiger charge is 2.24. The van der Waals surface area contributed by atoms with Crippen molar-refractivity contribution in [1.82, 2.24) is 5.32 Å². The molecule has 0 aromatic heterocycles. The zero-order valence-corrected chi connectivity index (χ0v) is 12.7. The van der Waals surface area contributed by atoms with Gasteiger partial charge < -0.3 is 15.2 Å². The fourth-order valence-electron chi connectivity index (χ4n) is 2.60. The van der Waals surface area contributed by atoms with Crippen LogP contribution in [0.5, 0.6) is 5.75 Å². The van der Waals surface area contributed by atoms with Crippen LogP contribution >= 0.6 is 0 Å². The van der Waals surface area contributed by atoms with Gasteiger partial charge in [0.2, 0.25) is 0 Å². The minimum absolute atomic E-state index is 0.168. The minimum Gasteiger partial charge on any atom is -0.496 e. The molecule has 2 atom stereocenters. The average molecular weight is 265 g/mol. The molecule has 0 bridgehead atoms. The molecule has 2 unspecified atom stereocenters. The van der Waals surface area contributed by atoms with Crippen LogP contribution in [0.25, 0.3) is 0 Å². The predicted octanol–water partition coefficient (Wildman–Crippen LogP) is 2.78. The van der Waals surface area contributed by atoms with Gasteiger partial charge >= 0.3 is 0 Å². The van der Waals surface area contributed by atoms with Crippen molar-refractivity contribution in [2.45, 2.75) is 33.2 Å². The lowest BCUT2D eigenvalue weighted by Crippen LogP contribution is -2.31. The van der Waals surface area contributed by atoms with E-state index in [4.69, 9.17) is 4.74 Å². The Hall–Kier alpha value is -1.06. The Kier molecular flexibility index (Phi) is 6.32. The molecule has 0 saturated carbocycles. The van der Waals surface area contributed by atoms with Crippen molar-refractivity contribution in [2.75, 3.05) is 20.8 Å². The lowest BCUT2D eigenvalue weighted by atomic mass is 9.84. The van der Waals surface area contributed by atoms with Crippen LogP contribution in [0, 0.1) is 11.8 Å². The number of methoxy groups -OCH3 is 1. The topological polar surface area (TPSA) is 41.5 Å². The average Bonchev–Trinajstić information content (AvgIpc) is 2.43. The summed E-state index contributed by atoms with van der Waals surface area (Å²) in [6.45, 7) is 6.61. The van der Waals surface area contributed by atoms with Crippen molar-refractivity contribution in [2.24, 2.45) is 11.8 Å². The van der Waals surface area contributed by atoms with Gasteiger partial charge in [0.05, 0.1) is 7.11 Å². The molecule has 0 radical (unpaired) electrons. The fourth-order valence-corrected chi connectivity index (χ4v) is 2.60. The smallest absolute Gasteiger partial charge is 0.122 e. The molecule has 3 heteroatoms. The lowest BCUT2D eigenvalue weighted by molar-refractivity contribution is 0.154. The molecule has 1 aromatic carbocycles. The van der Waals surface area contributed by atoms with Crippen LogP contribution in [-0.4, -0.2) is 25.9 Å². The zero-order chi connectivity index (χ0) is 14.4. The van der Waals surface area contributed by atoms with Crippen molar-refractivity contribution < 1.29 is 9.84 Å². The predicted molar refractivity (Wildman–Crippen MR) is 79.6 cm³/mol. The summed E-state index contributed by atoms with van der Waals surface area (Å²) < 4.78 is 5.37. The van der Waals surface area contributed by atoms with Gasteiger partial charge in [-0.3, -0.25) is 0 Å². The summed E-state index contributed by atoms with van der Waals surface area (Å²) in [4.78, 5) is 0. The molecule has 3 nitrogen and oxygen atoms in total. The summed E-state index contributed by atoms with van der Waals surface area (Å²) in [5, 5.41) is 13.0. The van der Waals surface area contributed by atoms with Crippen molar-refractivity contribution in [3.63, 3.8) is 0 Å². The highest BCUT2D eigenvalue weighted by molar-refractivity contribution is 5.38. The molecule has 0 aliphatic rings. The molecule has 0 spiro atoms. The second-order valence-electron chi connectivity index (χ2n) is 5.28. The number of hydrogen-bond acceptors (Lipinski definition) is 3. The highest BCUT2D eigenvalue weighted by Crippen LogP contribution is 2.30. The Morgan fingerprint density at radius 2 is 2.00 bits per heavy atom. The van der Waals surface area contributed by atoms with E-state index in [2.05, 4.69) is 38.2 Å². The molecule has 0 saturated heterocycles. The van der Waals surface area contributed by atoms with Crippen LogP contribution in [0.4, 0.5) is 0 Å². The number of nitrogens with one attached hydrogen (secondary N) is 1. The molecule has 0 aliphatic heterocycles. The summed E-state index contributed by atoms with van der Waals surface area (Å²) in [6.07, 6.45) is 0.943. The first-order valence-electron chi connectivity index (χ1n) is 7.03. The maximum atomic E-state index is 9.62. The van der Waals surface area contributed by atoms with Crippen LogP contribution in [0.3, 0.4) is 0 Å². The van der Waals surface area contributed by atoms with E-state index in [0.717, 1.165) is 12.2 Å². The molecule has 0 fully saturated rings. The van der Waals surface area contributed by atoms with Crippen molar-refractivity contribution >= 4 is 0 Å². The van der Waals surface area contributed by atoms with Crippen molar-refractivity contribution in [3.05, 3.63) is 29.3 Å². The molecule has 108 valence electrons. The normalized spacial score (nSPS) is 14.5. The number of hydrogen-bond donors (Lipinski definition) is 2. The summed E-state index contributed by atoms with van der Waals surface area (Å²) in [7, 11) is 3.65. The summed E-state index contributed by atoms with van der Waals surface area (Å²) in [5.41, 5.74) is 2.42. The van der Waals surface area contributed by atoms with Gasteiger partial charge in [-0.2, -0.15) is 0 Å². The number of aliphatic hydroxyl groups excluding tert-OH is 1. The molecule has 19 heavy (non-hydrogen) atoms. The largest absolute Gasteiger partial charge is 0.496 e. The van der Waals surface area contributed by atoms with E-state index in [-0.39, 0.29) is 18.6 Å². The maximum Gasteiger partial charge on any atom is 0.122 e. The monoisotopic (exact) mass is 265 g/mol. The first-order chi connectivity index (χ1) is 9.08. The van der Waals surface area contributed by atoms with E-state index in [1.807, 2.05) is 13.1 Å². The van der Waals surface area contributed by atoms with Crippen molar-refractivity contribution in [1.29, 1.82) is 0 Å². The third-order valence-electron chi connectivity index (χ3n) is 3.85. The van der Waals surface area contributed by atoms with E-state index < -0.39 is 0 Å². The second kappa shape index (κ2) is 7.51. The molecule has 0 amide bonds. The van der Waals surface area contributed by atoms with Crippen LogP contribution < -0.4 is 10.1 Å². The maximum absolute atomic E-state index is 9.62. The van der Waals surface area contributed by atoms with E-state index in [0.29, 0.717) is 5.92 Å². The van der Waals surface area contributed by atoms with Crippen molar-refractivity contribution in [3.8, 4) is 5.75 Å². The Morgan fingerprint density at radius 1 is 1.32 bits per heavy atom. The first kappa shape index (κ1) is 16.0. The third kappa shape index (κ3) is 3.71. The highest BCUT2D eigenvalue weighted by atomic mass is 16.5. The SMILES string of the molecule is CCc1cc(C(NC)C(CO)C(C)C)ccc1OC. The quantitative estimate of drug-likeness (QED) is 0.796. The number of aryl methyl sites for hydroxylation is 1. The van der Waals surface area contributed by atoms with Crippen LogP contribution in [0.15, 0.2) is 18.2 Å². The van der Waals surface area contributed by atoms with Gasteiger partial charge in [0.15, 0.2) is 0 Å². The molecule has 1 rings (SSSR count). The van der Waals surface area contributed by atoms with Gasteiger partial charge in [-0.05, 0) is 36.6 Å². The van der Waals surface area contributed by atoms with Gasteiger partial charge in [0, 0.05) is 18.6 Å². The summed E-state index contributed by atoms with van der Waals surface area (Å²) in [6, 6.07) is 6.46. The lowest BCUT2D eigenvalue weighted by Gasteiger charge is -2.29. The zero-order valence-electron chi connectivity index (χ0n) is 12.7. The number of ether oxygens (including phenoxy) is 1. The number of aliphatic hydroxyl groups is 1. The van der Waals surface area contributed by atoms with Gasteiger partial charge in [-0.15, -0.1) is 0 Å². The fraction of sp³-hybridized carbons (Fsp3) is 0.625. The molecule has 0 aliphatic carbocycles. The van der Waals surface area contributed by atoms with Crippen LogP contribution in [0.2, 0.25) is 0 Å². The number of benzene rings is 1. The molecular weight excluding hydrogens is 238 g/mol. The van der Waals surface area contributed by atoms with Crippen LogP contribution in [-0.2, 0) is 6.42 Å². The Labute approximate surface area is 117 Å². The minimum atomic E-state index is 0.168. The summed E-state index contributed by atoms with van der Waals surface area (Å²) in [5.74, 6) is 1.57. The Morgan fingerprint density at radius 3 is 2.42 bits per heavy atom. The van der Waals surface area contributed by atoms with Crippen LogP contribution in [0.1, 0.15) is 37.9 Å². The van der Waals surface area contributed by atoms with Gasteiger partial charge in [-0.1, -0.05) is 32.9 Å². The van der Waals surface area contributed by atoms with Gasteiger partial charge in [0.25, 0.3) is 0 Å². The molecule has 1 aromatic rings. The second-order valence-corrected chi connectivity index (χ2v) is 5.28. The molecule has 2 N–H and O–H groups in total. The molecular formula is C16H27NO2. The van der Waals surface area contributed by atoms with Gasteiger partial charge in [-0.25, -0.2) is 0 Å². The standard InChI is InChI=1S/C16H27NO2/c1-6-12-9-13(7-8-15(12)19-5)16(17-4)14(10-18)11(2)3/h7-9,11,14,16-18H,6,10H2,1-5H3. The van der Waals surface area contributed by atoms with E-state index in [9.17, 15) is 5.11 Å². The van der Waals surface area contributed by atoms with E-state index in [1.165, 1.54) is 11.1 Å². The van der Waals surface area contributed by atoms with E-state index >= 15 is 0 Å². The van der Waals surface area contributed by atoms with E-state index in [1.54, 1.807) is 7.11 Å². The van der Waals surface area contributed by atoms with Gasteiger partial charge in [0.1, 0.15) is 5.75 Å². The molecule has 0 heterocycles. The Bertz CT molecular complexity index is 390.